The van der Waals surface area contributed by atoms with E-state index in [0.717, 1.165) is 0 Å². The number of halogens is 1. The number of nitrogens with one attached hydrogen (secondary N) is 2. The van der Waals surface area contributed by atoms with Crippen LogP contribution in [0.2, 0.25) is 0 Å². The first kappa shape index (κ1) is 21.2. The lowest BCUT2D eigenvalue weighted by molar-refractivity contribution is -0.115. The Bertz CT molecular complexity index is 822. The van der Waals surface area contributed by atoms with Crippen LogP contribution in [0.15, 0.2) is 42.5 Å². The summed E-state index contributed by atoms with van der Waals surface area (Å²) in [5.74, 6) is -0.570. The van der Waals surface area contributed by atoms with Crippen LogP contribution in [-0.4, -0.2) is 38.1 Å². The van der Waals surface area contributed by atoms with E-state index in [1.165, 1.54) is 6.07 Å². The Morgan fingerprint density at radius 3 is 2.39 bits per heavy atom. The first-order valence-electron chi connectivity index (χ1n) is 9.15. The molecule has 0 heterocycles. The number of ether oxygens (including phenoxy) is 1. The van der Waals surface area contributed by atoms with E-state index in [1.54, 1.807) is 48.3 Å². The second kappa shape index (κ2) is 9.73. The molecule has 2 N–H and O–H groups in total. The number of nitrogens with zero attached hydrogens (tertiary/aromatic N) is 1. The van der Waals surface area contributed by atoms with Crippen molar-refractivity contribution in [2.75, 3.05) is 30.4 Å². The maximum atomic E-state index is 14.3. The van der Waals surface area contributed by atoms with Crippen LogP contribution in [-0.2, 0) is 4.79 Å². The zero-order chi connectivity index (χ0) is 20.7. The summed E-state index contributed by atoms with van der Waals surface area (Å²) in [4.78, 5) is 26.0. The normalized spacial score (nSPS) is 10.5. The summed E-state index contributed by atoms with van der Waals surface area (Å²) in [6, 6.07) is 11.3. The number of carbonyl (C=O) groups is 2. The number of amides is 2. The molecule has 150 valence electrons. The first-order valence-corrected chi connectivity index (χ1v) is 9.15. The zero-order valence-corrected chi connectivity index (χ0v) is 16.6. The van der Waals surface area contributed by atoms with Crippen molar-refractivity contribution >= 4 is 23.2 Å². The summed E-state index contributed by atoms with van der Waals surface area (Å²) in [6.07, 6.45) is 0. The highest BCUT2D eigenvalue weighted by molar-refractivity contribution is 5.99. The third-order valence-corrected chi connectivity index (χ3v) is 4.22. The van der Waals surface area contributed by atoms with Gasteiger partial charge in [-0.2, -0.15) is 0 Å². The van der Waals surface area contributed by atoms with Crippen molar-refractivity contribution in [1.82, 2.24) is 5.32 Å². The molecular weight excluding hydrogens is 361 g/mol. The lowest BCUT2D eigenvalue weighted by Gasteiger charge is -2.24. The summed E-state index contributed by atoms with van der Waals surface area (Å²) in [6.45, 7) is 6.12. The van der Waals surface area contributed by atoms with E-state index in [2.05, 4.69) is 10.6 Å². The van der Waals surface area contributed by atoms with E-state index in [4.69, 9.17) is 4.74 Å². The lowest BCUT2D eigenvalue weighted by atomic mass is 10.2. The lowest BCUT2D eigenvalue weighted by Crippen LogP contribution is -2.32. The van der Waals surface area contributed by atoms with Gasteiger partial charge in [0.25, 0.3) is 5.91 Å². The standard InChI is InChI=1S/C21H26FN3O3/c1-5-28-17-9-6-15(7-10-17)21(27)23-13-20(26)24-16-8-11-19(18(22)12-16)25(4)14(2)3/h6-12,14H,5,13H2,1-4H3,(H,23,27)(H,24,26). The maximum Gasteiger partial charge on any atom is 0.251 e. The van der Waals surface area contributed by atoms with Gasteiger partial charge in [-0.15, -0.1) is 0 Å². The molecule has 0 saturated heterocycles. The second-order valence-electron chi connectivity index (χ2n) is 6.56. The van der Waals surface area contributed by atoms with Crippen LogP contribution >= 0.6 is 0 Å². The van der Waals surface area contributed by atoms with Crippen LogP contribution < -0.4 is 20.3 Å². The molecule has 2 amide bonds. The number of anilines is 2. The zero-order valence-electron chi connectivity index (χ0n) is 16.6. The molecule has 2 rings (SSSR count). The average molecular weight is 387 g/mol. The highest BCUT2D eigenvalue weighted by Gasteiger charge is 2.13. The van der Waals surface area contributed by atoms with Gasteiger partial charge in [0, 0.05) is 24.3 Å². The van der Waals surface area contributed by atoms with Gasteiger partial charge < -0.3 is 20.3 Å². The summed E-state index contributed by atoms with van der Waals surface area (Å²) in [7, 11) is 1.80. The molecule has 0 aliphatic carbocycles. The van der Waals surface area contributed by atoms with Gasteiger partial charge in [-0.05, 0) is 63.2 Å². The molecule has 0 atom stereocenters. The first-order chi connectivity index (χ1) is 13.3. The molecule has 0 radical (unpaired) electrons. The Labute approximate surface area is 164 Å². The van der Waals surface area contributed by atoms with Gasteiger partial charge in [0.2, 0.25) is 5.91 Å². The van der Waals surface area contributed by atoms with Crippen LogP contribution in [0.1, 0.15) is 31.1 Å². The monoisotopic (exact) mass is 387 g/mol. The van der Waals surface area contributed by atoms with Crippen LogP contribution in [0.5, 0.6) is 5.75 Å². The van der Waals surface area contributed by atoms with Crippen LogP contribution in [0.3, 0.4) is 0 Å². The minimum absolute atomic E-state index is 0.146. The van der Waals surface area contributed by atoms with Gasteiger partial charge >= 0.3 is 0 Å². The quantitative estimate of drug-likeness (QED) is 0.728. The Balaban J connectivity index is 1.90. The molecular formula is C21H26FN3O3. The minimum atomic E-state index is -0.441. The summed E-state index contributed by atoms with van der Waals surface area (Å²) < 4.78 is 19.6. The van der Waals surface area contributed by atoms with Crippen molar-refractivity contribution < 1.29 is 18.7 Å². The fourth-order valence-corrected chi connectivity index (χ4v) is 2.49. The van der Waals surface area contributed by atoms with Gasteiger partial charge in [-0.25, -0.2) is 4.39 Å². The SMILES string of the molecule is CCOc1ccc(C(=O)NCC(=O)Nc2ccc(N(C)C(C)C)c(F)c2)cc1. The predicted octanol–water partition coefficient (Wildman–Crippen LogP) is 3.44. The Hall–Kier alpha value is -3.09. The van der Waals surface area contributed by atoms with E-state index in [0.29, 0.717) is 29.3 Å². The third-order valence-electron chi connectivity index (χ3n) is 4.22. The Morgan fingerprint density at radius 1 is 1.14 bits per heavy atom. The topological polar surface area (TPSA) is 70.7 Å². The highest BCUT2D eigenvalue weighted by atomic mass is 19.1. The number of carbonyl (C=O) groups excluding carboxylic acids is 2. The van der Waals surface area contributed by atoms with Crippen molar-refractivity contribution in [2.45, 2.75) is 26.8 Å². The van der Waals surface area contributed by atoms with E-state index in [1.807, 2.05) is 20.8 Å². The molecule has 0 saturated carbocycles. The second-order valence-corrected chi connectivity index (χ2v) is 6.56. The maximum absolute atomic E-state index is 14.3. The molecule has 2 aromatic carbocycles. The van der Waals surface area contributed by atoms with Crippen LogP contribution in [0, 0.1) is 5.82 Å². The van der Waals surface area contributed by atoms with Crippen LogP contribution in [0.4, 0.5) is 15.8 Å². The summed E-state index contributed by atoms with van der Waals surface area (Å²) in [5, 5.41) is 5.11. The highest BCUT2D eigenvalue weighted by Crippen LogP contribution is 2.23. The van der Waals surface area contributed by atoms with Gasteiger partial charge in [-0.3, -0.25) is 9.59 Å². The molecule has 0 aliphatic heterocycles. The Morgan fingerprint density at radius 2 is 1.82 bits per heavy atom. The number of hydrogen-bond donors (Lipinski definition) is 2. The fraction of sp³-hybridized carbons (Fsp3) is 0.333. The number of benzene rings is 2. The molecule has 0 spiro atoms. The molecule has 0 unspecified atom stereocenters. The van der Waals surface area contributed by atoms with Crippen molar-refractivity contribution in [3.63, 3.8) is 0 Å². The molecule has 0 bridgehead atoms. The summed E-state index contributed by atoms with van der Waals surface area (Å²) in [5.41, 5.74) is 1.21. The Kier molecular flexibility index (Phi) is 7.37. The van der Waals surface area contributed by atoms with Crippen molar-refractivity contribution in [2.24, 2.45) is 0 Å². The van der Waals surface area contributed by atoms with Crippen molar-refractivity contribution in [3.8, 4) is 5.75 Å². The third kappa shape index (κ3) is 5.70. The largest absolute Gasteiger partial charge is 0.494 e. The fourth-order valence-electron chi connectivity index (χ4n) is 2.49. The number of rotatable bonds is 8. The number of hydrogen-bond acceptors (Lipinski definition) is 4. The van der Waals surface area contributed by atoms with Crippen LogP contribution in [0.25, 0.3) is 0 Å². The van der Waals surface area contributed by atoms with Gasteiger partial charge in [0.1, 0.15) is 11.6 Å². The molecule has 0 fully saturated rings. The van der Waals surface area contributed by atoms with E-state index in [9.17, 15) is 14.0 Å². The summed E-state index contributed by atoms with van der Waals surface area (Å²) >= 11 is 0. The van der Waals surface area contributed by atoms with E-state index >= 15 is 0 Å². The molecule has 28 heavy (non-hydrogen) atoms. The molecule has 2 aromatic rings. The van der Waals surface area contributed by atoms with Crippen molar-refractivity contribution in [3.05, 3.63) is 53.8 Å². The van der Waals surface area contributed by atoms with Crippen molar-refractivity contribution in [1.29, 1.82) is 0 Å². The van der Waals surface area contributed by atoms with E-state index in [-0.39, 0.29) is 18.5 Å². The van der Waals surface area contributed by atoms with Gasteiger partial charge in [-0.1, -0.05) is 0 Å². The predicted molar refractivity (Wildman–Crippen MR) is 109 cm³/mol. The molecule has 0 aromatic heterocycles. The molecule has 6 nitrogen and oxygen atoms in total. The molecule has 7 heteroatoms. The van der Waals surface area contributed by atoms with E-state index < -0.39 is 11.7 Å². The smallest absolute Gasteiger partial charge is 0.251 e. The van der Waals surface area contributed by atoms with Gasteiger partial charge in [0.15, 0.2) is 0 Å². The average Bonchev–Trinajstić information content (AvgIpc) is 2.66. The van der Waals surface area contributed by atoms with Gasteiger partial charge in [0.05, 0.1) is 18.8 Å². The minimum Gasteiger partial charge on any atom is -0.494 e. The molecule has 0 aliphatic rings.